The number of unbranched alkanes of at least 4 members (excludes halogenated alkanes) is 2. The summed E-state index contributed by atoms with van der Waals surface area (Å²) in [6, 6.07) is 5.33. The molecule has 4 N–H and O–H groups in total. The number of amides is 1. The number of nitrogens with zero attached hydrogens (tertiary/aromatic N) is 1. The lowest BCUT2D eigenvalue weighted by molar-refractivity contribution is 0.0956. The second kappa shape index (κ2) is 8.43. The average Bonchev–Trinajstić information content (AvgIpc) is 2.44. The number of hydrogen-bond acceptors (Lipinski definition) is 4. The van der Waals surface area contributed by atoms with Gasteiger partial charge in [0.15, 0.2) is 0 Å². The van der Waals surface area contributed by atoms with E-state index >= 15 is 0 Å². The largest absolute Gasteiger partial charge is 0.397 e. The Labute approximate surface area is 120 Å². The minimum atomic E-state index is -0.0811. The lowest BCUT2D eigenvalue weighted by Gasteiger charge is -2.21. The lowest BCUT2D eigenvalue weighted by atomic mass is 10.1. The monoisotopic (exact) mass is 279 g/mol. The van der Waals surface area contributed by atoms with E-state index < -0.39 is 0 Å². The lowest BCUT2D eigenvalue weighted by Crippen LogP contribution is -2.24. The molecule has 0 radical (unpaired) electrons. The zero-order chi connectivity index (χ0) is 15.0. The van der Waals surface area contributed by atoms with E-state index in [1.54, 1.807) is 12.1 Å². The first-order chi connectivity index (χ1) is 9.60. The molecule has 112 valence electrons. The van der Waals surface area contributed by atoms with E-state index in [0.717, 1.165) is 31.5 Å². The first-order valence-corrected chi connectivity index (χ1v) is 7.09. The molecule has 5 heteroatoms. The van der Waals surface area contributed by atoms with Gasteiger partial charge in [0.25, 0.3) is 5.91 Å². The van der Waals surface area contributed by atoms with Gasteiger partial charge in [0.05, 0.1) is 11.4 Å². The van der Waals surface area contributed by atoms with Gasteiger partial charge >= 0.3 is 0 Å². The summed E-state index contributed by atoms with van der Waals surface area (Å²) in [5, 5.41) is 11.5. The predicted octanol–water partition coefficient (Wildman–Crippen LogP) is 1.62. The van der Waals surface area contributed by atoms with Crippen LogP contribution in [0, 0.1) is 0 Å². The van der Waals surface area contributed by atoms with Gasteiger partial charge in [0.1, 0.15) is 0 Å². The highest BCUT2D eigenvalue weighted by Crippen LogP contribution is 2.24. The van der Waals surface area contributed by atoms with Crippen LogP contribution in [0.5, 0.6) is 0 Å². The minimum absolute atomic E-state index is 0.0811. The summed E-state index contributed by atoms with van der Waals surface area (Å²) in [6.07, 6.45) is 2.79. The van der Waals surface area contributed by atoms with E-state index in [0.29, 0.717) is 17.8 Å². The summed E-state index contributed by atoms with van der Waals surface area (Å²) in [6.45, 7) is 3.58. The van der Waals surface area contributed by atoms with Crippen molar-refractivity contribution in [3.8, 4) is 0 Å². The van der Waals surface area contributed by atoms with Crippen molar-refractivity contribution in [3.63, 3.8) is 0 Å². The normalized spacial score (nSPS) is 10.3. The highest BCUT2D eigenvalue weighted by Gasteiger charge is 2.10. The van der Waals surface area contributed by atoms with E-state index in [2.05, 4.69) is 10.2 Å². The summed E-state index contributed by atoms with van der Waals surface area (Å²) < 4.78 is 0. The third-order valence-electron chi connectivity index (χ3n) is 3.19. The van der Waals surface area contributed by atoms with Gasteiger partial charge in [-0.05, 0) is 44.4 Å². The fourth-order valence-electron chi connectivity index (χ4n) is 2.04. The highest BCUT2D eigenvalue weighted by atomic mass is 16.2. The summed E-state index contributed by atoms with van der Waals surface area (Å²) in [5.41, 5.74) is 8.15. The van der Waals surface area contributed by atoms with Gasteiger partial charge < -0.3 is 21.1 Å². The number of aliphatic hydroxyl groups excluding tert-OH is 1. The molecular formula is C15H25N3O2. The Morgan fingerprint density at radius 3 is 2.75 bits per heavy atom. The van der Waals surface area contributed by atoms with Crippen molar-refractivity contribution in [2.75, 3.05) is 37.4 Å². The topological polar surface area (TPSA) is 78.6 Å². The quantitative estimate of drug-likeness (QED) is 0.499. The summed E-state index contributed by atoms with van der Waals surface area (Å²) in [5.74, 6) is -0.0811. The fourth-order valence-corrected chi connectivity index (χ4v) is 2.04. The maximum atomic E-state index is 11.8. The molecule has 0 bridgehead atoms. The zero-order valence-electron chi connectivity index (χ0n) is 12.4. The molecule has 0 aliphatic rings. The van der Waals surface area contributed by atoms with Crippen molar-refractivity contribution in [3.05, 3.63) is 23.8 Å². The van der Waals surface area contributed by atoms with E-state index in [1.807, 2.05) is 20.0 Å². The van der Waals surface area contributed by atoms with E-state index in [9.17, 15) is 4.79 Å². The third-order valence-corrected chi connectivity index (χ3v) is 3.19. The molecule has 0 aliphatic carbocycles. The first-order valence-electron chi connectivity index (χ1n) is 7.09. The maximum Gasteiger partial charge on any atom is 0.251 e. The number of aliphatic hydroxyl groups is 1. The van der Waals surface area contributed by atoms with Crippen LogP contribution in [0.2, 0.25) is 0 Å². The number of nitrogens with one attached hydrogen (secondary N) is 1. The molecule has 0 aromatic heterocycles. The Hall–Kier alpha value is -1.75. The Morgan fingerprint density at radius 2 is 2.10 bits per heavy atom. The number of rotatable bonds is 8. The van der Waals surface area contributed by atoms with Crippen LogP contribution in [-0.4, -0.2) is 37.8 Å². The number of anilines is 2. The molecule has 5 nitrogen and oxygen atoms in total. The number of hydrogen-bond donors (Lipinski definition) is 3. The zero-order valence-corrected chi connectivity index (χ0v) is 12.4. The van der Waals surface area contributed by atoms with Gasteiger partial charge in [-0.2, -0.15) is 0 Å². The van der Waals surface area contributed by atoms with Gasteiger partial charge in [-0.25, -0.2) is 0 Å². The van der Waals surface area contributed by atoms with Crippen molar-refractivity contribution >= 4 is 17.3 Å². The van der Waals surface area contributed by atoms with Crippen molar-refractivity contribution in [1.29, 1.82) is 0 Å². The van der Waals surface area contributed by atoms with Crippen molar-refractivity contribution in [2.45, 2.75) is 26.2 Å². The van der Waals surface area contributed by atoms with E-state index in [1.165, 1.54) is 0 Å². The minimum Gasteiger partial charge on any atom is -0.397 e. The molecule has 0 spiro atoms. The second-order valence-corrected chi connectivity index (χ2v) is 4.84. The number of carbonyl (C=O) groups is 1. The molecule has 0 fully saturated rings. The van der Waals surface area contributed by atoms with Crippen LogP contribution in [0.3, 0.4) is 0 Å². The Balaban J connectivity index is 2.72. The van der Waals surface area contributed by atoms with Crippen LogP contribution in [0.4, 0.5) is 11.4 Å². The van der Waals surface area contributed by atoms with Gasteiger partial charge in [-0.3, -0.25) is 4.79 Å². The first kappa shape index (κ1) is 16.3. The molecule has 1 aromatic rings. The number of benzene rings is 1. The summed E-state index contributed by atoms with van der Waals surface area (Å²) >= 11 is 0. The Morgan fingerprint density at radius 1 is 1.35 bits per heavy atom. The van der Waals surface area contributed by atoms with Gasteiger partial charge in [-0.15, -0.1) is 0 Å². The van der Waals surface area contributed by atoms with Crippen LogP contribution < -0.4 is 16.0 Å². The Kier molecular flexibility index (Phi) is 6.87. The highest BCUT2D eigenvalue weighted by molar-refractivity contribution is 5.96. The number of carbonyl (C=O) groups excluding carboxylic acids is 1. The third kappa shape index (κ3) is 4.74. The average molecular weight is 279 g/mol. The smallest absolute Gasteiger partial charge is 0.251 e. The number of nitrogens with two attached hydrogens (primary N) is 1. The molecule has 20 heavy (non-hydrogen) atoms. The van der Waals surface area contributed by atoms with Gasteiger partial charge in [-0.1, -0.05) is 0 Å². The molecule has 1 rings (SSSR count). The predicted molar refractivity (Wildman–Crippen MR) is 83.1 cm³/mol. The van der Waals surface area contributed by atoms with Crippen molar-refractivity contribution < 1.29 is 9.90 Å². The van der Waals surface area contributed by atoms with Crippen LogP contribution in [0.1, 0.15) is 36.5 Å². The maximum absolute atomic E-state index is 11.8. The van der Waals surface area contributed by atoms with Crippen molar-refractivity contribution in [1.82, 2.24) is 5.32 Å². The molecule has 0 heterocycles. The Bertz CT molecular complexity index is 435. The van der Waals surface area contributed by atoms with E-state index in [-0.39, 0.29) is 12.5 Å². The molecule has 0 atom stereocenters. The number of nitrogen functional groups attached to an aromatic ring is 1. The van der Waals surface area contributed by atoms with Gasteiger partial charge in [0.2, 0.25) is 0 Å². The van der Waals surface area contributed by atoms with Gasteiger partial charge in [0, 0.05) is 32.3 Å². The molecular weight excluding hydrogens is 254 g/mol. The molecule has 0 saturated carbocycles. The molecule has 0 unspecified atom stereocenters. The van der Waals surface area contributed by atoms with Crippen molar-refractivity contribution in [2.24, 2.45) is 0 Å². The molecule has 0 aliphatic heterocycles. The summed E-state index contributed by atoms with van der Waals surface area (Å²) in [4.78, 5) is 13.9. The SMILES string of the molecule is CCNC(=O)c1ccc(N)c(N(C)CCCCCO)c1. The van der Waals surface area contributed by atoms with Crippen LogP contribution in [-0.2, 0) is 0 Å². The summed E-state index contributed by atoms with van der Waals surface area (Å²) in [7, 11) is 1.96. The van der Waals surface area contributed by atoms with E-state index in [4.69, 9.17) is 10.8 Å². The fraction of sp³-hybridized carbons (Fsp3) is 0.533. The standard InChI is InChI=1S/C15H25N3O2/c1-3-17-15(20)12-7-8-13(16)14(11-12)18(2)9-5-4-6-10-19/h7-8,11,19H,3-6,9-10,16H2,1-2H3,(H,17,20). The molecule has 1 aromatic carbocycles. The van der Waals surface area contributed by atoms with Crippen LogP contribution in [0.25, 0.3) is 0 Å². The van der Waals surface area contributed by atoms with Crippen LogP contribution in [0.15, 0.2) is 18.2 Å². The molecule has 1 amide bonds. The second-order valence-electron chi connectivity index (χ2n) is 4.84. The molecule has 0 saturated heterocycles. The van der Waals surface area contributed by atoms with Crippen LogP contribution >= 0.6 is 0 Å².